The number of phenols is 1. The minimum atomic E-state index is -0.175. The Morgan fingerprint density at radius 2 is 1.62 bits per heavy atom. The standard InChI is InChI=1S/C24H22Br2N2O/c1-14-3-9-19(15(2)11-14)24-27-21(16-4-6-17(25)7-5-16)13-22(28-24)20-12-18(26)8-10-23(20)29/h3-12,22,24,28-29H,13H2,1-2H3/t22-,24+/m0/s1. The lowest BCUT2D eigenvalue weighted by atomic mass is 9.92. The molecule has 2 N–H and O–H groups in total. The van der Waals surface area contributed by atoms with Crippen molar-refractivity contribution in [2.24, 2.45) is 4.99 Å². The Bertz CT molecular complexity index is 1080. The number of nitrogens with zero attached hydrogens (tertiary/aromatic N) is 1. The van der Waals surface area contributed by atoms with E-state index in [0.717, 1.165) is 31.3 Å². The number of phenolic OH excluding ortho intramolecular Hbond substituents is 1. The predicted molar refractivity (Wildman–Crippen MR) is 126 cm³/mol. The van der Waals surface area contributed by atoms with Gasteiger partial charge in [-0.05, 0) is 60.9 Å². The van der Waals surface area contributed by atoms with Gasteiger partial charge in [-0.25, -0.2) is 0 Å². The lowest BCUT2D eigenvalue weighted by Gasteiger charge is -2.31. The van der Waals surface area contributed by atoms with Gasteiger partial charge in [0.05, 0.1) is 0 Å². The first-order valence-electron chi connectivity index (χ1n) is 9.55. The van der Waals surface area contributed by atoms with Gasteiger partial charge in [0.2, 0.25) is 0 Å². The molecule has 1 heterocycles. The van der Waals surface area contributed by atoms with Crippen LogP contribution < -0.4 is 5.32 Å². The smallest absolute Gasteiger partial charge is 0.126 e. The first-order chi connectivity index (χ1) is 13.9. The van der Waals surface area contributed by atoms with E-state index in [-0.39, 0.29) is 12.2 Å². The van der Waals surface area contributed by atoms with Crippen LogP contribution in [0, 0.1) is 13.8 Å². The summed E-state index contributed by atoms with van der Waals surface area (Å²) in [6.07, 6.45) is 0.527. The quantitative estimate of drug-likeness (QED) is 0.406. The van der Waals surface area contributed by atoms with Crippen molar-refractivity contribution in [3.8, 4) is 5.75 Å². The third-order valence-electron chi connectivity index (χ3n) is 5.30. The molecule has 29 heavy (non-hydrogen) atoms. The molecule has 0 spiro atoms. The summed E-state index contributed by atoms with van der Waals surface area (Å²) in [6.45, 7) is 4.23. The van der Waals surface area contributed by atoms with E-state index in [9.17, 15) is 5.11 Å². The monoisotopic (exact) mass is 512 g/mol. The summed E-state index contributed by atoms with van der Waals surface area (Å²) in [6, 6.07) is 20.2. The van der Waals surface area contributed by atoms with Gasteiger partial charge in [0.25, 0.3) is 0 Å². The summed E-state index contributed by atoms with van der Waals surface area (Å²) in [5.41, 5.74) is 6.61. The zero-order chi connectivity index (χ0) is 20.5. The van der Waals surface area contributed by atoms with E-state index in [1.54, 1.807) is 6.07 Å². The second-order valence-corrected chi connectivity index (χ2v) is 9.30. The maximum absolute atomic E-state index is 10.5. The predicted octanol–water partition coefficient (Wildman–Crippen LogP) is 6.76. The number of rotatable bonds is 3. The summed E-state index contributed by atoms with van der Waals surface area (Å²) < 4.78 is 1.99. The van der Waals surface area contributed by atoms with Crippen molar-refractivity contribution in [1.29, 1.82) is 0 Å². The van der Waals surface area contributed by atoms with Crippen LogP contribution in [0.4, 0.5) is 0 Å². The van der Waals surface area contributed by atoms with Gasteiger partial charge < -0.3 is 5.11 Å². The summed E-state index contributed by atoms with van der Waals surface area (Å²) in [5, 5.41) is 14.2. The van der Waals surface area contributed by atoms with Crippen LogP contribution in [0.3, 0.4) is 0 Å². The summed E-state index contributed by atoms with van der Waals surface area (Å²) in [4.78, 5) is 5.07. The van der Waals surface area contributed by atoms with E-state index in [2.05, 4.69) is 81.4 Å². The number of halogens is 2. The molecule has 0 unspecified atom stereocenters. The van der Waals surface area contributed by atoms with Gasteiger partial charge in [-0.15, -0.1) is 0 Å². The van der Waals surface area contributed by atoms with Crippen molar-refractivity contribution in [3.63, 3.8) is 0 Å². The second-order valence-electron chi connectivity index (χ2n) is 7.47. The molecule has 0 saturated heterocycles. The number of benzene rings is 3. The van der Waals surface area contributed by atoms with Crippen LogP contribution in [0.25, 0.3) is 0 Å². The van der Waals surface area contributed by atoms with Crippen molar-refractivity contribution >= 4 is 37.6 Å². The topological polar surface area (TPSA) is 44.6 Å². The maximum Gasteiger partial charge on any atom is 0.126 e. The molecular weight excluding hydrogens is 492 g/mol. The molecule has 3 aromatic carbocycles. The molecule has 1 aliphatic heterocycles. The van der Waals surface area contributed by atoms with Gasteiger partial charge in [0.15, 0.2) is 0 Å². The average molecular weight is 514 g/mol. The molecule has 0 saturated carbocycles. The third-order valence-corrected chi connectivity index (χ3v) is 6.33. The lowest BCUT2D eigenvalue weighted by Crippen LogP contribution is -2.33. The molecule has 0 bridgehead atoms. The van der Waals surface area contributed by atoms with E-state index in [0.29, 0.717) is 12.2 Å². The Morgan fingerprint density at radius 1 is 0.897 bits per heavy atom. The Labute approximate surface area is 188 Å². The highest BCUT2D eigenvalue weighted by Crippen LogP contribution is 2.36. The molecule has 0 amide bonds. The van der Waals surface area contributed by atoms with Gasteiger partial charge in [-0.2, -0.15) is 0 Å². The highest BCUT2D eigenvalue weighted by Gasteiger charge is 2.28. The molecule has 0 aromatic heterocycles. The molecule has 2 atom stereocenters. The maximum atomic E-state index is 10.5. The number of hydrogen-bond acceptors (Lipinski definition) is 3. The van der Waals surface area contributed by atoms with Crippen molar-refractivity contribution in [3.05, 3.63) is 97.4 Å². The fraction of sp³-hybridized carbons (Fsp3) is 0.208. The fourth-order valence-electron chi connectivity index (χ4n) is 3.82. The first-order valence-corrected chi connectivity index (χ1v) is 11.1. The van der Waals surface area contributed by atoms with E-state index < -0.39 is 0 Å². The van der Waals surface area contributed by atoms with Gasteiger partial charge in [0.1, 0.15) is 11.9 Å². The Balaban J connectivity index is 1.79. The van der Waals surface area contributed by atoms with Gasteiger partial charge in [-0.3, -0.25) is 10.3 Å². The second kappa shape index (κ2) is 8.42. The van der Waals surface area contributed by atoms with E-state index in [1.165, 1.54) is 11.1 Å². The molecule has 148 valence electrons. The SMILES string of the molecule is Cc1ccc([C@@H]2N=C(c3ccc(Br)cc3)C[C@@H](c3cc(Br)ccc3O)N2)c(C)c1. The summed E-state index contributed by atoms with van der Waals surface area (Å²) in [5.74, 6) is 0.294. The molecule has 0 radical (unpaired) electrons. The van der Waals surface area contributed by atoms with Gasteiger partial charge >= 0.3 is 0 Å². The Morgan fingerprint density at radius 3 is 2.34 bits per heavy atom. The zero-order valence-corrected chi connectivity index (χ0v) is 19.5. The van der Waals surface area contributed by atoms with Gasteiger partial charge in [0, 0.05) is 32.7 Å². The Kier molecular flexibility index (Phi) is 5.91. The first kappa shape index (κ1) is 20.3. The molecule has 3 aromatic rings. The van der Waals surface area contributed by atoms with Crippen LogP contribution in [0.15, 0.2) is 74.6 Å². The largest absolute Gasteiger partial charge is 0.508 e. The number of hydrogen-bond donors (Lipinski definition) is 2. The van der Waals surface area contributed by atoms with Crippen molar-refractivity contribution < 1.29 is 5.11 Å². The molecular formula is C24H22Br2N2O. The highest BCUT2D eigenvalue weighted by molar-refractivity contribution is 9.10. The number of aliphatic imine (C=N–C) groups is 1. The fourth-order valence-corrected chi connectivity index (χ4v) is 4.46. The van der Waals surface area contributed by atoms with E-state index in [4.69, 9.17) is 4.99 Å². The van der Waals surface area contributed by atoms with Crippen LogP contribution in [0.2, 0.25) is 0 Å². The minimum absolute atomic E-state index is 0.0469. The number of nitrogens with one attached hydrogen (secondary N) is 1. The highest BCUT2D eigenvalue weighted by atomic mass is 79.9. The number of aryl methyl sites for hydroxylation is 2. The molecule has 1 aliphatic rings. The summed E-state index contributed by atoms with van der Waals surface area (Å²) in [7, 11) is 0. The molecule has 3 nitrogen and oxygen atoms in total. The zero-order valence-electron chi connectivity index (χ0n) is 16.3. The molecule has 5 heteroatoms. The lowest BCUT2D eigenvalue weighted by molar-refractivity contribution is 0.412. The summed E-state index contributed by atoms with van der Waals surface area (Å²) >= 11 is 7.05. The van der Waals surface area contributed by atoms with Crippen molar-refractivity contribution in [2.75, 3.05) is 0 Å². The minimum Gasteiger partial charge on any atom is -0.508 e. The molecule has 0 fully saturated rings. The van der Waals surface area contributed by atoms with Crippen LogP contribution >= 0.6 is 31.9 Å². The third kappa shape index (κ3) is 4.47. The van der Waals surface area contributed by atoms with E-state index in [1.807, 2.05) is 24.3 Å². The van der Waals surface area contributed by atoms with Crippen molar-refractivity contribution in [1.82, 2.24) is 5.32 Å². The normalized spacial score (nSPS) is 19.1. The van der Waals surface area contributed by atoms with Crippen molar-refractivity contribution in [2.45, 2.75) is 32.5 Å². The molecule has 0 aliphatic carbocycles. The van der Waals surface area contributed by atoms with Crippen LogP contribution in [-0.2, 0) is 0 Å². The van der Waals surface area contributed by atoms with Crippen LogP contribution in [0.5, 0.6) is 5.75 Å². The Hall–Kier alpha value is -1.95. The van der Waals surface area contributed by atoms with E-state index >= 15 is 0 Å². The average Bonchev–Trinajstić information content (AvgIpc) is 2.70. The molecule has 4 rings (SSSR count). The van der Waals surface area contributed by atoms with Gasteiger partial charge in [-0.1, -0.05) is 67.8 Å². The van der Waals surface area contributed by atoms with Crippen LogP contribution in [0.1, 0.15) is 46.4 Å². The number of aromatic hydroxyl groups is 1. The van der Waals surface area contributed by atoms with Crippen LogP contribution in [-0.4, -0.2) is 10.8 Å².